The molecule has 0 aliphatic rings. The summed E-state index contributed by atoms with van der Waals surface area (Å²) >= 11 is 3.33. The third-order valence-corrected chi connectivity index (χ3v) is 6.09. The standard InChI is InChI=1S/C18H21BrN2O3S/c1-13-6-4-7-14(2)18(13)20-17(22)11-21(3)25(23,24)12-15-8-5-9-16(19)10-15/h4-10H,11-12H2,1-3H3,(H,20,22). The van der Waals surface area contributed by atoms with Crippen molar-refractivity contribution in [3.8, 4) is 0 Å². The number of anilines is 1. The van der Waals surface area contributed by atoms with Crippen molar-refractivity contribution in [2.24, 2.45) is 0 Å². The predicted octanol–water partition coefficient (Wildman–Crippen LogP) is 3.47. The monoisotopic (exact) mass is 424 g/mol. The van der Waals surface area contributed by atoms with Gasteiger partial charge in [-0.3, -0.25) is 4.79 Å². The van der Waals surface area contributed by atoms with Crippen molar-refractivity contribution in [3.63, 3.8) is 0 Å². The molecule has 2 aromatic carbocycles. The first-order valence-electron chi connectivity index (χ1n) is 7.73. The molecular formula is C18H21BrN2O3S. The molecule has 134 valence electrons. The van der Waals surface area contributed by atoms with Gasteiger partial charge in [-0.05, 0) is 42.7 Å². The van der Waals surface area contributed by atoms with Crippen LogP contribution in [0, 0.1) is 13.8 Å². The number of carbonyl (C=O) groups is 1. The topological polar surface area (TPSA) is 66.5 Å². The van der Waals surface area contributed by atoms with E-state index in [1.807, 2.05) is 38.1 Å². The van der Waals surface area contributed by atoms with Crippen LogP contribution in [0.15, 0.2) is 46.9 Å². The number of halogens is 1. The van der Waals surface area contributed by atoms with Crippen molar-refractivity contribution in [2.75, 3.05) is 18.9 Å². The third-order valence-electron chi connectivity index (χ3n) is 3.82. The van der Waals surface area contributed by atoms with E-state index in [0.717, 1.165) is 25.6 Å². The summed E-state index contributed by atoms with van der Waals surface area (Å²) in [5.41, 5.74) is 3.27. The molecule has 0 bridgehead atoms. The van der Waals surface area contributed by atoms with Gasteiger partial charge in [-0.15, -0.1) is 0 Å². The normalized spacial score (nSPS) is 11.6. The van der Waals surface area contributed by atoms with Crippen LogP contribution in [0.1, 0.15) is 16.7 Å². The number of benzene rings is 2. The Labute approximate surface area is 157 Å². The van der Waals surface area contributed by atoms with Gasteiger partial charge in [-0.1, -0.05) is 46.3 Å². The van der Waals surface area contributed by atoms with E-state index in [2.05, 4.69) is 21.2 Å². The molecule has 2 aromatic rings. The number of rotatable bonds is 6. The first-order chi connectivity index (χ1) is 11.7. The number of nitrogens with zero attached hydrogens (tertiary/aromatic N) is 1. The molecule has 0 radical (unpaired) electrons. The van der Waals surface area contributed by atoms with Crippen LogP contribution >= 0.6 is 15.9 Å². The van der Waals surface area contributed by atoms with Gasteiger partial charge in [0.1, 0.15) is 0 Å². The van der Waals surface area contributed by atoms with Crippen molar-refractivity contribution in [3.05, 3.63) is 63.6 Å². The minimum absolute atomic E-state index is 0.153. The maximum atomic E-state index is 12.5. The Morgan fingerprint density at radius 1 is 1.12 bits per heavy atom. The lowest BCUT2D eigenvalue weighted by molar-refractivity contribution is -0.116. The van der Waals surface area contributed by atoms with Crippen molar-refractivity contribution < 1.29 is 13.2 Å². The molecule has 25 heavy (non-hydrogen) atoms. The second-order valence-corrected chi connectivity index (χ2v) is 8.95. The van der Waals surface area contributed by atoms with Gasteiger partial charge in [-0.25, -0.2) is 8.42 Å². The second-order valence-electron chi connectivity index (χ2n) is 5.96. The number of hydrogen-bond acceptors (Lipinski definition) is 3. The van der Waals surface area contributed by atoms with Crippen LogP contribution in [0.4, 0.5) is 5.69 Å². The molecule has 0 heterocycles. The van der Waals surface area contributed by atoms with Gasteiger partial charge in [0.15, 0.2) is 0 Å². The van der Waals surface area contributed by atoms with E-state index in [-0.39, 0.29) is 18.2 Å². The van der Waals surface area contributed by atoms with Gasteiger partial charge in [0.05, 0.1) is 12.3 Å². The Hall–Kier alpha value is -1.70. The van der Waals surface area contributed by atoms with Crippen molar-refractivity contribution in [1.82, 2.24) is 4.31 Å². The number of aryl methyl sites for hydroxylation is 2. The summed E-state index contributed by atoms with van der Waals surface area (Å²) in [6.45, 7) is 3.57. The summed E-state index contributed by atoms with van der Waals surface area (Å²) in [5.74, 6) is -0.516. The number of hydrogen-bond donors (Lipinski definition) is 1. The Morgan fingerprint density at radius 2 is 1.72 bits per heavy atom. The molecule has 5 nitrogen and oxygen atoms in total. The van der Waals surface area contributed by atoms with Crippen LogP contribution in [-0.4, -0.2) is 32.2 Å². The molecule has 0 saturated heterocycles. The van der Waals surface area contributed by atoms with E-state index in [1.165, 1.54) is 7.05 Å². The maximum Gasteiger partial charge on any atom is 0.239 e. The van der Waals surface area contributed by atoms with Crippen LogP contribution in [-0.2, 0) is 20.6 Å². The predicted molar refractivity (Wildman–Crippen MR) is 104 cm³/mol. The third kappa shape index (κ3) is 5.39. The largest absolute Gasteiger partial charge is 0.324 e. The summed E-state index contributed by atoms with van der Waals surface area (Å²) in [4.78, 5) is 12.3. The van der Waals surface area contributed by atoms with Crippen molar-refractivity contribution >= 4 is 37.5 Å². The molecule has 1 N–H and O–H groups in total. The highest BCUT2D eigenvalue weighted by Gasteiger charge is 2.21. The van der Waals surface area contributed by atoms with E-state index >= 15 is 0 Å². The summed E-state index contributed by atoms with van der Waals surface area (Å²) in [7, 11) is -2.17. The molecule has 0 atom stereocenters. The highest BCUT2D eigenvalue weighted by molar-refractivity contribution is 9.10. The summed E-state index contributed by atoms with van der Waals surface area (Å²) in [5, 5.41) is 2.80. The molecule has 0 aliphatic carbocycles. The summed E-state index contributed by atoms with van der Waals surface area (Å²) < 4.78 is 26.8. The zero-order valence-electron chi connectivity index (χ0n) is 14.4. The molecule has 0 aliphatic heterocycles. The lowest BCUT2D eigenvalue weighted by Gasteiger charge is -2.18. The highest BCUT2D eigenvalue weighted by Crippen LogP contribution is 2.20. The van der Waals surface area contributed by atoms with E-state index in [9.17, 15) is 13.2 Å². The van der Waals surface area contributed by atoms with Crippen LogP contribution in [0.25, 0.3) is 0 Å². The van der Waals surface area contributed by atoms with Crippen LogP contribution in [0.5, 0.6) is 0 Å². The Bertz CT molecular complexity index is 861. The first kappa shape index (κ1) is 19.6. The molecule has 0 saturated carbocycles. The van der Waals surface area contributed by atoms with Gasteiger partial charge < -0.3 is 5.32 Å². The molecule has 0 aromatic heterocycles. The summed E-state index contributed by atoms with van der Waals surface area (Å²) in [6, 6.07) is 12.8. The fourth-order valence-corrected chi connectivity index (χ4v) is 4.02. The fourth-order valence-electron chi connectivity index (χ4n) is 2.44. The van der Waals surface area contributed by atoms with Gasteiger partial charge in [0, 0.05) is 17.2 Å². The Kier molecular flexibility index (Phi) is 6.37. The number of likely N-dealkylation sites (N-methyl/N-ethyl adjacent to an activating group) is 1. The van der Waals surface area contributed by atoms with E-state index in [4.69, 9.17) is 0 Å². The van der Waals surface area contributed by atoms with Crippen LogP contribution in [0.2, 0.25) is 0 Å². The number of para-hydroxylation sites is 1. The van der Waals surface area contributed by atoms with Crippen LogP contribution < -0.4 is 5.32 Å². The van der Waals surface area contributed by atoms with E-state index in [0.29, 0.717) is 5.56 Å². The van der Waals surface area contributed by atoms with Gasteiger partial charge in [0.25, 0.3) is 0 Å². The minimum atomic E-state index is -3.59. The average molecular weight is 425 g/mol. The molecular weight excluding hydrogens is 404 g/mol. The lowest BCUT2D eigenvalue weighted by atomic mass is 10.1. The smallest absolute Gasteiger partial charge is 0.239 e. The number of sulfonamides is 1. The number of carbonyl (C=O) groups excluding carboxylic acids is 1. The molecule has 7 heteroatoms. The Morgan fingerprint density at radius 3 is 2.32 bits per heavy atom. The highest BCUT2D eigenvalue weighted by atomic mass is 79.9. The van der Waals surface area contributed by atoms with Crippen molar-refractivity contribution in [2.45, 2.75) is 19.6 Å². The van der Waals surface area contributed by atoms with Gasteiger partial charge in [-0.2, -0.15) is 4.31 Å². The quantitative estimate of drug-likeness (QED) is 0.771. The summed E-state index contributed by atoms with van der Waals surface area (Å²) in [6.07, 6.45) is 0. The average Bonchev–Trinajstić information content (AvgIpc) is 2.50. The zero-order valence-corrected chi connectivity index (χ0v) is 16.8. The SMILES string of the molecule is Cc1cccc(C)c1NC(=O)CN(C)S(=O)(=O)Cc1cccc(Br)c1. The maximum absolute atomic E-state index is 12.5. The van der Waals surface area contributed by atoms with Crippen molar-refractivity contribution in [1.29, 1.82) is 0 Å². The molecule has 2 rings (SSSR count). The minimum Gasteiger partial charge on any atom is -0.324 e. The first-order valence-corrected chi connectivity index (χ1v) is 10.1. The van der Waals surface area contributed by atoms with Gasteiger partial charge in [0.2, 0.25) is 15.9 Å². The van der Waals surface area contributed by atoms with E-state index in [1.54, 1.807) is 18.2 Å². The lowest BCUT2D eigenvalue weighted by Crippen LogP contribution is -2.35. The second kappa shape index (κ2) is 8.12. The fraction of sp³-hybridized carbons (Fsp3) is 0.278. The number of amides is 1. The van der Waals surface area contributed by atoms with Gasteiger partial charge >= 0.3 is 0 Å². The molecule has 0 fully saturated rings. The molecule has 1 amide bonds. The molecule has 0 unspecified atom stereocenters. The van der Waals surface area contributed by atoms with Crippen LogP contribution in [0.3, 0.4) is 0 Å². The number of nitrogens with one attached hydrogen (secondary N) is 1. The Balaban J connectivity index is 2.05. The zero-order chi connectivity index (χ0) is 18.6. The molecule has 0 spiro atoms. The van der Waals surface area contributed by atoms with E-state index < -0.39 is 10.0 Å².